The Labute approximate surface area is 216 Å². The molecule has 3 atom stereocenters. The van der Waals surface area contributed by atoms with Gasteiger partial charge < -0.3 is 9.47 Å². The standard InChI is InChI=1S/C28H28N2O6S/c1-19-13-15-21(16-14-19)37(33,34)30-24-12-8-7-11-22(24)23-18-28(26(31)35-2,17-20-9-5-4-6-10-20)29(25(23)30)27(32)36-3/h4-16,23,25H,17-18H2,1-3H3/t23-,25+,28+/m1/s1. The summed E-state index contributed by atoms with van der Waals surface area (Å²) in [5.74, 6) is -1.10. The number of nitrogens with zero attached hydrogens (tertiary/aromatic N) is 2. The minimum absolute atomic E-state index is 0.0944. The Morgan fingerprint density at radius 2 is 1.57 bits per heavy atom. The Balaban J connectivity index is 1.73. The number of ether oxygens (including phenoxy) is 2. The number of carbonyl (C=O) groups is 2. The molecule has 2 aliphatic heterocycles. The first kappa shape index (κ1) is 24.8. The molecule has 37 heavy (non-hydrogen) atoms. The van der Waals surface area contributed by atoms with E-state index in [0.29, 0.717) is 5.69 Å². The molecule has 0 N–H and O–H groups in total. The van der Waals surface area contributed by atoms with Crippen molar-refractivity contribution in [3.63, 3.8) is 0 Å². The lowest BCUT2D eigenvalue weighted by molar-refractivity contribution is -0.153. The van der Waals surface area contributed by atoms with Gasteiger partial charge in [-0.1, -0.05) is 66.2 Å². The minimum atomic E-state index is -4.12. The number of benzene rings is 3. The molecule has 3 aromatic rings. The van der Waals surface area contributed by atoms with Crippen molar-refractivity contribution in [1.29, 1.82) is 0 Å². The maximum Gasteiger partial charge on any atom is 0.412 e. The van der Waals surface area contributed by atoms with Crippen molar-refractivity contribution in [2.45, 2.75) is 42.3 Å². The highest BCUT2D eigenvalue weighted by Gasteiger charge is 2.65. The van der Waals surface area contributed by atoms with Gasteiger partial charge in [-0.05, 0) is 42.7 Å². The van der Waals surface area contributed by atoms with Crippen LogP contribution in [0.25, 0.3) is 0 Å². The van der Waals surface area contributed by atoms with E-state index in [1.165, 1.54) is 23.4 Å². The summed E-state index contributed by atoms with van der Waals surface area (Å²) < 4.78 is 40.0. The number of sulfonamides is 1. The molecule has 9 heteroatoms. The number of hydrogen-bond donors (Lipinski definition) is 0. The summed E-state index contributed by atoms with van der Waals surface area (Å²) in [6, 6.07) is 23.0. The van der Waals surface area contributed by atoms with E-state index in [1.807, 2.05) is 49.4 Å². The molecule has 0 unspecified atom stereocenters. The van der Waals surface area contributed by atoms with Gasteiger partial charge in [0.25, 0.3) is 10.0 Å². The monoisotopic (exact) mass is 520 g/mol. The lowest BCUT2D eigenvalue weighted by atomic mass is 9.84. The van der Waals surface area contributed by atoms with Crippen LogP contribution in [0.3, 0.4) is 0 Å². The van der Waals surface area contributed by atoms with Crippen LogP contribution in [0.1, 0.15) is 29.0 Å². The zero-order chi connectivity index (χ0) is 26.4. The van der Waals surface area contributed by atoms with Crippen molar-refractivity contribution in [3.8, 4) is 0 Å². The molecule has 2 aliphatic rings. The highest BCUT2D eigenvalue weighted by atomic mass is 32.2. The molecule has 1 saturated heterocycles. The molecule has 3 aromatic carbocycles. The van der Waals surface area contributed by atoms with Crippen molar-refractivity contribution in [1.82, 2.24) is 4.90 Å². The van der Waals surface area contributed by atoms with Crippen molar-refractivity contribution in [2.75, 3.05) is 18.5 Å². The molecular formula is C28H28N2O6S. The van der Waals surface area contributed by atoms with E-state index in [2.05, 4.69) is 0 Å². The summed E-state index contributed by atoms with van der Waals surface area (Å²) in [4.78, 5) is 28.4. The highest BCUT2D eigenvalue weighted by molar-refractivity contribution is 7.92. The Morgan fingerprint density at radius 3 is 2.22 bits per heavy atom. The van der Waals surface area contributed by atoms with Gasteiger partial charge >= 0.3 is 12.1 Å². The summed E-state index contributed by atoms with van der Waals surface area (Å²) in [5.41, 5.74) is 1.47. The van der Waals surface area contributed by atoms with Crippen LogP contribution in [0, 0.1) is 6.92 Å². The van der Waals surface area contributed by atoms with E-state index in [-0.39, 0.29) is 17.7 Å². The number of fused-ring (bicyclic) bond motifs is 3. The van der Waals surface area contributed by atoms with E-state index in [4.69, 9.17) is 9.47 Å². The number of methoxy groups -OCH3 is 2. The summed E-state index contributed by atoms with van der Waals surface area (Å²) in [6.07, 6.45) is -1.50. The van der Waals surface area contributed by atoms with Gasteiger partial charge in [-0.2, -0.15) is 0 Å². The molecule has 5 rings (SSSR count). The van der Waals surface area contributed by atoms with Gasteiger partial charge in [0.1, 0.15) is 6.17 Å². The summed E-state index contributed by atoms with van der Waals surface area (Å²) in [6.45, 7) is 1.88. The van der Waals surface area contributed by atoms with Gasteiger partial charge in [0.15, 0.2) is 5.54 Å². The van der Waals surface area contributed by atoms with Crippen molar-refractivity contribution < 1.29 is 27.5 Å². The van der Waals surface area contributed by atoms with Gasteiger partial charge in [0.2, 0.25) is 0 Å². The van der Waals surface area contributed by atoms with Gasteiger partial charge in [-0.3, -0.25) is 4.90 Å². The largest absolute Gasteiger partial charge is 0.467 e. The summed E-state index contributed by atoms with van der Waals surface area (Å²) in [5, 5.41) is 0. The molecule has 192 valence electrons. The van der Waals surface area contributed by atoms with Crippen molar-refractivity contribution in [3.05, 3.63) is 95.6 Å². The predicted octanol–water partition coefficient (Wildman–Crippen LogP) is 4.24. The zero-order valence-corrected chi connectivity index (χ0v) is 21.6. The van der Waals surface area contributed by atoms with Crippen LogP contribution < -0.4 is 4.31 Å². The number of esters is 1. The quantitative estimate of drug-likeness (QED) is 0.467. The molecule has 0 aromatic heterocycles. The first-order valence-electron chi connectivity index (χ1n) is 11.9. The van der Waals surface area contributed by atoms with Crippen LogP contribution in [0.4, 0.5) is 10.5 Å². The zero-order valence-electron chi connectivity index (χ0n) is 20.8. The second-order valence-corrected chi connectivity index (χ2v) is 11.2. The number of hydrogen-bond acceptors (Lipinski definition) is 6. The first-order valence-corrected chi connectivity index (χ1v) is 13.4. The molecule has 1 amide bonds. The molecule has 0 spiro atoms. The average Bonchev–Trinajstić information content (AvgIpc) is 3.40. The number of amides is 1. The Hall–Kier alpha value is -3.85. The topological polar surface area (TPSA) is 93.2 Å². The van der Waals surface area contributed by atoms with E-state index in [1.54, 1.807) is 36.4 Å². The summed E-state index contributed by atoms with van der Waals surface area (Å²) in [7, 11) is -1.63. The fraction of sp³-hybridized carbons (Fsp3) is 0.286. The average molecular weight is 521 g/mol. The van der Waals surface area contributed by atoms with E-state index >= 15 is 0 Å². The number of anilines is 1. The van der Waals surface area contributed by atoms with Crippen LogP contribution in [0.5, 0.6) is 0 Å². The number of likely N-dealkylation sites (tertiary alicyclic amines) is 1. The molecule has 0 saturated carbocycles. The fourth-order valence-corrected chi connectivity index (χ4v) is 7.35. The van der Waals surface area contributed by atoms with Crippen LogP contribution in [-0.2, 0) is 30.7 Å². The summed E-state index contributed by atoms with van der Waals surface area (Å²) >= 11 is 0. The van der Waals surface area contributed by atoms with Gasteiger partial charge in [0, 0.05) is 12.3 Å². The number of carbonyl (C=O) groups excluding carboxylic acids is 2. The Morgan fingerprint density at radius 1 is 0.919 bits per heavy atom. The molecule has 8 nitrogen and oxygen atoms in total. The third kappa shape index (κ3) is 3.85. The molecule has 0 aliphatic carbocycles. The second-order valence-electron chi connectivity index (χ2n) is 9.42. The van der Waals surface area contributed by atoms with Crippen molar-refractivity contribution in [2.24, 2.45) is 0 Å². The third-order valence-corrected chi connectivity index (χ3v) is 9.11. The molecule has 2 heterocycles. The van der Waals surface area contributed by atoms with Crippen LogP contribution >= 0.6 is 0 Å². The normalized spacial score (nSPS) is 22.4. The van der Waals surface area contributed by atoms with E-state index < -0.39 is 39.7 Å². The van der Waals surface area contributed by atoms with Gasteiger partial charge in [-0.15, -0.1) is 0 Å². The fourth-order valence-electron chi connectivity index (χ4n) is 5.70. The van der Waals surface area contributed by atoms with E-state index in [9.17, 15) is 18.0 Å². The predicted molar refractivity (Wildman–Crippen MR) is 138 cm³/mol. The number of para-hydroxylation sites is 1. The highest BCUT2D eigenvalue weighted by Crippen LogP contribution is 2.56. The Bertz CT molecular complexity index is 1440. The van der Waals surface area contributed by atoms with E-state index in [0.717, 1.165) is 16.7 Å². The molecule has 1 fully saturated rings. The molecular weight excluding hydrogens is 492 g/mol. The Kier molecular flexibility index (Phi) is 6.19. The first-order chi connectivity index (χ1) is 17.7. The minimum Gasteiger partial charge on any atom is -0.467 e. The SMILES string of the molecule is COC(=O)N1[C@@H]2[C@H](C[C@@]1(Cc1ccccc1)C(=O)OC)c1ccccc1N2S(=O)(=O)c1ccc(C)cc1. The van der Waals surface area contributed by atoms with Crippen LogP contribution in [-0.4, -0.2) is 51.3 Å². The van der Waals surface area contributed by atoms with Gasteiger partial charge in [0.05, 0.1) is 24.8 Å². The third-order valence-electron chi connectivity index (χ3n) is 7.31. The van der Waals surface area contributed by atoms with Crippen LogP contribution in [0.2, 0.25) is 0 Å². The lowest BCUT2D eigenvalue weighted by Crippen LogP contribution is -2.61. The molecule has 0 radical (unpaired) electrons. The lowest BCUT2D eigenvalue weighted by Gasteiger charge is -2.40. The maximum atomic E-state index is 14.1. The van der Waals surface area contributed by atoms with Gasteiger partial charge in [-0.25, -0.2) is 22.3 Å². The van der Waals surface area contributed by atoms with Crippen molar-refractivity contribution >= 4 is 27.8 Å². The van der Waals surface area contributed by atoms with Crippen LogP contribution in [0.15, 0.2) is 83.8 Å². The number of aryl methyl sites for hydroxylation is 1. The smallest absolute Gasteiger partial charge is 0.412 e. The second kappa shape index (κ2) is 9.23. The molecule has 0 bridgehead atoms. The maximum absolute atomic E-state index is 14.1. The number of rotatable bonds is 5.